The van der Waals surface area contributed by atoms with Gasteiger partial charge < -0.3 is 13.9 Å². The average Bonchev–Trinajstić information content (AvgIpc) is 2.64. The summed E-state index contributed by atoms with van der Waals surface area (Å²) in [7, 11) is -2.50. The molecule has 0 saturated heterocycles. The van der Waals surface area contributed by atoms with Gasteiger partial charge in [0.15, 0.2) is 5.43 Å². The number of benzene rings is 2. The third-order valence-corrected chi connectivity index (χ3v) is 5.11. The van der Waals surface area contributed by atoms with E-state index >= 15 is 0 Å². The molecule has 0 saturated carbocycles. The smallest absolute Gasteiger partial charge is 0.423 e. The Morgan fingerprint density at radius 3 is 2.27 bits per heavy atom. The van der Waals surface area contributed by atoms with Gasteiger partial charge in [0.1, 0.15) is 39.6 Å². The molecule has 7 nitrogen and oxygen atoms in total. The first kappa shape index (κ1) is 21.6. The molecule has 0 aliphatic heterocycles. The minimum atomic E-state index is -4.91. The number of hydrogen-bond acceptors (Lipinski definition) is 6. The molecule has 1 heterocycles. The Balaban J connectivity index is 2.43. The molecular weight excluding hydrogens is 434 g/mol. The van der Waals surface area contributed by atoms with E-state index in [4.69, 9.17) is 19.0 Å². The van der Waals surface area contributed by atoms with Crippen molar-refractivity contribution in [2.75, 3.05) is 14.2 Å². The quantitative estimate of drug-likeness (QED) is 0.615. The van der Waals surface area contributed by atoms with Crippen molar-refractivity contribution in [3.8, 4) is 22.8 Å². The Bertz CT molecular complexity index is 1310. The molecular formula is C18H13F4NO6S. The van der Waals surface area contributed by atoms with Gasteiger partial charge >= 0.3 is 6.18 Å². The van der Waals surface area contributed by atoms with Gasteiger partial charge in [-0.25, -0.2) is 17.9 Å². The molecule has 3 aromatic rings. The molecule has 0 aliphatic carbocycles. The molecule has 0 unspecified atom stereocenters. The summed E-state index contributed by atoms with van der Waals surface area (Å²) in [5.41, 5.74) is -2.90. The maximum Gasteiger partial charge on any atom is 0.423 e. The maximum absolute atomic E-state index is 13.5. The summed E-state index contributed by atoms with van der Waals surface area (Å²) in [5.74, 6) is -2.77. The lowest BCUT2D eigenvalue weighted by Crippen LogP contribution is -2.15. The number of hydrogen-bond donors (Lipinski definition) is 1. The van der Waals surface area contributed by atoms with Crippen molar-refractivity contribution >= 4 is 21.0 Å². The number of halogens is 4. The molecule has 0 radical (unpaired) electrons. The highest BCUT2D eigenvalue weighted by molar-refractivity contribution is 7.89. The van der Waals surface area contributed by atoms with Gasteiger partial charge in [0.05, 0.1) is 19.1 Å². The van der Waals surface area contributed by atoms with E-state index in [1.54, 1.807) is 0 Å². The van der Waals surface area contributed by atoms with E-state index in [9.17, 15) is 30.8 Å². The van der Waals surface area contributed by atoms with Crippen molar-refractivity contribution in [1.29, 1.82) is 0 Å². The van der Waals surface area contributed by atoms with E-state index in [1.807, 2.05) is 0 Å². The normalized spacial score (nSPS) is 12.2. The van der Waals surface area contributed by atoms with Gasteiger partial charge in [-0.05, 0) is 18.2 Å². The number of alkyl halides is 3. The van der Waals surface area contributed by atoms with Crippen LogP contribution in [0.2, 0.25) is 0 Å². The fraction of sp³-hybridized carbons (Fsp3) is 0.167. The largest absolute Gasteiger partial charge is 0.496 e. The summed E-state index contributed by atoms with van der Waals surface area (Å²) in [4.78, 5) is 12.0. The van der Waals surface area contributed by atoms with Crippen molar-refractivity contribution in [1.82, 2.24) is 0 Å². The molecule has 2 N–H and O–H groups in total. The average molecular weight is 447 g/mol. The van der Waals surface area contributed by atoms with E-state index in [0.29, 0.717) is 6.07 Å². The van der Waals surface area contributed by atoms with Crippen LogP contribution in [0.1, 0.15) is 5.56 Å². The first-order valence-electron chi connectivity index (χ1n) is 8.01. The number of ether oxygens (including phenoxy) is 2. The summed E-state index contributed by atoms with van der Waals surface area (Å²) in [5, 5.41) is 4.56. The summed E-state index contributed by atoms with van der Waals surface area (Å²) in [6.45, 7) is 0. The standard InChI is InChI=1S/C18H13F4NO6S/c1-27-13-7-12-15(17(28-2)16(13)18(20,21)22)10(24)6-11(29-12)9-4-3-8(19)5-14(9)30(23,25)26/h3-7H,1-2H3,(H2,23,25,26). The zero-order chi connectivity index (χ0) is 22.4. The Hall–Kier alpha value is -3.12. The Kier molecular flexibility index (Phi) is 5.24. The molecule has 1 aromatic heterocycles. The highest BCUT2D eigenvalue weighted by Gasteiger charge is 2.40. The fourth-order valence-corrected chi connectivity index (χ4v) is 3.72. The van der Waals surface area contributed by atoms with Crippen LogP contribution < -0.4 is 20.0 Å². The van der Waals surface area contributed by atoms with Crippen LogP contribution in [0.15, 0.2) is 44.4 Å². The predicted octanol–water partition coefficient (Wildman–Crippen LogP) is 3.28. The lowest BCUT2D eigenvalue weighted by atomic mass is 10.1. The summed E-state index contributed by atoms with van der Waals surface area (Å²) < 4.78 is 92.7. The summed E-state index contributed by atoms with van der Waals surface area (Å²) >= 11 is 0. The maximum atomic E-state index is 13.5. The van der Waals surface area contributed by atoms with Gasteiger partial charge in [-0.2, -0.15) is 13.2 Å². The number of sulfonamides is 1. The topological polar surface area (TPSA) is 109 Å². The third-order valence-electron chi connectivity index (χ3n) is 4.16. The molecule has 0 spiro atoms. The van der Waals surface area contributed by atoms with Crippen LogP contribution in [0.3, 0.4) is 0 Å². The molecule has 160 valence electrons. The first-order valence-corrected chi connectivity index (χ1v) is 9.56. The third kappa shape index (κ3) is 3.71. The highest BCUT2D eigenvalue weighted by atomic mass is 32.2. The Morgan fingerprint density at radius 2 is 1.73 bits per heavy atom. The molecule has 0 aliphatic rings. The van der Waals surface area contributed by atoms with E-state index in [2.05, 4.69) is 0 Å². The van der Waals surface area contributed by atoms with Crippen LogP contribution >= 0.6 is 0 Å². The molecule has 0 bridgehead atoms. The molecule has 0 amide bonds. The highest BCUT2D eigenvalue weighted by Crippen LogP contribution is 2.46. The van der Waals surface area contributed by atoms with Gasteiger partial charge in [-0.3, -0.25) is 4.79 Å². The van der Waals surface area contributed by atoms with Crippen LogP contribution in [-0.4, -0.2) is 22.6 Å². The number of rotatable bonds is 4. The van der Waals surface area contributed by atoms with E-state index in [-0.39, 0.29) is 16.9 Å². The van der Waals surface area contributed by atoms with Crippen molar-refractivity contribution in [3.63, 3.8) is 0 Å². The van der Waals surface area contributed by atoms with Gasteiger partial charge in [-0.1, -0.05) is 0 Å². The molecule has 2 aromatic carbocycles. The molecule has 30 heavy (non-hydrogen) atoms. The van der Waals surface area contributed by atoms with Crippen molar-refractivity contribution in [3.05, 3.63) is 51.9 Å². The van der Waals surface area contributed by atoms with Crippen LogP contribution in [0.4, 0.5) is 17.6 Å². The van der Waals surface area contributed by atoms with Crippen LogP contribution in [0, 0.1) is 5.82 Å². The van der Waals surface area contributed by atoms with E-state index < -0.39 is 54.8 Å². The summed E-state index contributed by atoms with van der Waals surface area (Å²) in [6.07, 6.45) is -4.91. The molecule has 0 fully saturated rings. The van der Waals surface area contributed by atoms with E-state index in [1.165, 1.54) is 0 Å². The number of primary sulfonamides is 1. The Morgan fingerprint density at radius 1 is 1.07 bits per heavy atom. The second-order valence-electron chi connectivity index (χ2n) is 6.02. The van der Waals surface area contributed by atoms with Crippen molar-refractivity contribution < 1.29 is 39.9 Å². The van der Waals surface area contributed by atoms with Crippen LogP contribution in [0.5, 0.6) is 11.5 Å². The minimum absolute atomic E-state index is 0.254. The van der Waals surface area contributed by atoms with E-state index in [0.717, 1.165) is 38.5 Å². The molecule has 0 atom stereocenters. The fourth-order valence-electron chi connectivity index (χ4n) is 2.97. The van der Waals surface area contributed by atoms with Gasteiger partial charge in [0.25, 0.3) is 0 Å². The van der Waals surface area contributed by atoms with Gasteiger partial charge in [0, 0.05) is 17.7 Å². The minimum Gasteiger partial charge on any atom is -0.496 e. The van der Waals surface area contributed by atoms with Crippen molar-refractivity contribution in [2.24, 2.45) is 5.14 Å². The lowest BCUT2D eigenvalue weighted by molar-refractivity contribution is -0.139. The lowest BCUT2D eigenvalue weighted by Gasteiger charge is -2.17. The van der Waals surface area contributed by atoms with Crippen LogP contribution in [-0.2, 0) is 16.2 Å². The zero-order valence-corrected chi connectivity index (χ0v) is 16.2. The second-order valence-corrected chi connectivity index (χ2v) is 7.55. The second kappa shape index (κ2) is 7.29. The van der Waals surface area contributed by atoms with Gasteiger partial charge in [-0.15, -0.1) is 0 Å². The first-order chi connectivity index (χ1) is 13.9. The Labute approximate surface area is 166 Å². The number of methoxy groups -OCH3 is 2. The SMILES string of the molecule is COc1cc2oc(-c3ccc(F)cc3S(N)(=O)=O)cc(=O)c2c(OC)c1C(F)(F)F. The molecule has 3 rings (SSSR count). The monoisotopic (exact) mass is 447 g/mol. The van der Waals surface area contributed by atoms with Crippen molar-refractivity contribution in [2.45, 2.75) is 11.1 Å². The van der Waals surface area contributed by atoms with Gasteiger partial charge in [0.2, 0.25) is 10.0 Å². The zero-order valence-electron chi connectivity index (χ0n) is 15.3. The summed E-state index contributed by atoms with van der Waals surface area (Å²) in [6, 6.07) is 4.13. The number of fused-ring (bicyclic) bond motifs is 1. The molecule has 12 heteroatoms. The van der Waals surface area contributed by atoms with Crippen LogP contribution in [0.25, 0.3) is 22.3 Å². The number of nitrogens with two attached hydrogens (primary N) is 1. The predicted molar refractivity (Wildman–Crippen MR) is 97.4 cm³/mol.